The maximum Gasteiger partial charge on any atom is 0.211 e. The van der Waals surface area contributed by atoms with Gasteiger partial charge < -0.3 is 4.74 Å². The van der Waals surface area contributed by atoms with Gasteiger partial charge in [0.05, 0.1) is 24.1 Å². The van der Waals surface area contributed by atoms with Crippen molar-refractivity contribution in [2.45, 2.75) is 0 Å². The number of fused-ring (bicyclic) bond motifs is 1. The average Bonchev–Trinajstić information content (AvgIpc) is 2.53. The molecule has 0 aliphatic heterocycles. The third kappa shape index (κ3) is 2.08. The van der Waals surface area contributed by atoms with Crippen molar-refractivity contribution in [2.75, 3.05) is 7.11 Å². The minimum atomic E-state index is 0.648. The summed E-state index contributed by atoms with van der Waals surface area (Å²) in [6, 6.07) is 17.7. The third-order valence-corrected chi connectivity index (χ3v) is 3.28. The van der Waals surface area contributed by atoms with Gasteiger partial charge in [0.15, 0.2) is 12.4 Å². The Morgan fingerprint density at radius 2 is 1.95 bits per heavy atom. The molecule has 3 heteroatoms. The number of nitriles is 1. The van der Waals surface area contributed by atoms with Gasteiger partial charge in [-0.3, -0.25) is 0 Å². The molecule has 0 aliphatic carbocycles. The van der Waals surface area contributed by atoms with Crippen LogP contribution in [-0.4, -0.2) is 7.11 Å². The van der Waals surface area contributed by atoms with Gasteiger partial charge in [-0.05, 0) is 17.5 Å². The van der Waals surface area contributed by atoms with E-state index in [0.717, 1.165) is 22.2 Å². The van der Waals surface area contributed by atoms with E-state index >= 15 is 0 Å². The van der Waals surface area contributed by atoms with Crippen LogP contribution in [0.3, 0.4) is 0 Å². The highest BCUT2D eigenvalue weighted by atomic mass is 16.5. The average molecular weight is 261 g/mol. The first-order chi connectivity index (χ1) is 9.81. The van der Waals surface area contributed by atoms with Gasteiger partial charge in [0.25, 0.3) is 0 Å². The molecule has 0 amide bonds. The van der Waals surface area contributed by atoms with E-state index in [1.54, 1.807) is 13.2 Å². The molecule has 0 unspecified atom stereocenters. The van der Waals surface area contributed by atoms with E-state index in [9.17, 15) is 0 Å². The molecule has 20 heavy (non-hydrogen) atoms. The molecule has 2 aromatic carbocycles. The molecule has 0 saturated heterocycles. The molecule has 0 spiro atoms. The van der Waals surface area contributed by atoms with Gasteiger partial charge >= 0.3 is 0 Å². The Morgan fingerprint density at radius 1 is 1.10 bits per heavy atom. The summed E-state index contributed by atoms with van der Waals surface area (Å²) in [7, 11) is 1.67. The zero-order valence-corrected chi connectivity index (χ0v) is 11.1. The molecule has 0 saturated carbocycles. The smallest absolute Gasteiger partial charge is 0.211 e. The Labute approximate surface area is 117 Å². The number of hydrogen-bond donors (Lipinski definition) is 0. The summed E-state index contributed by atoms with van der Waals surface area (Å²) in [5.41, 5.74) is 1.60. The molecular formula is C17H13N2O+. The number of aromatic nitrogens is 1. The van der Waals surface area contributed by atoms with Gasteiger partial charge in [0.1, 0.15) is 5.75 Å². The van der Waals surface area contributed by atoms with E-state index < -0.39 is 0 Å². The van der Waals surface area contributed by atoms with Gasteiger partial charge in [0.2, 0.25) is 5.69 Å². The van der Waals surface area contributed by atoms with Crippen molar-refractivity contribution in [3.05, 3.63) is 66.5 Å². The highest BCUT2D eigenvalue weighted by Gasteiger charge is 2.10. The van der Waals surface area contributed by atoms with Crippen LogP contribution >= 0.6 is 0 Å². The van der Waals surface area contributed by atoms with E-state index in [1.165, 1.54) is 0 Å². The van der Waals surface area contributed by atoms with E-state index in [-0.39, 0.29) is 0 Å². The molecule has 3 rings (SSSR count). The molecule has 96 valence electrons. The molecular weight excluding hydrogens is 248 g/mol. The molecule has 0 bridgehead atoms. The molecule has 0 radical (unpaired) electrons. The number of hydrogen-bond acceptors (Lipinski definition) is 2. The van der Waals surface area contributed by atoms with Crippen LogP contribution in [0.25, 0.3) is 16.5 Å². The highest BCUT2D eigenvalue weighted by Crippen LogP contribution is 2.23. The number of nitrogens with zero attached hydrogens (tertiary/aromatic N) is 2. The summed E-state index contributed by atoms with van der Waals surface area (Å²) >= 11 is 0. The Morgan fingerprint density at radius 3 is 2.75 bits per heavy atom. The van der Waals surface area contributed by atoms with Crippen molar-refractivity contribution in [2.24, 2.45) is 0 Å². The number of methoxy groups -OCH3 is 1. The van der Waals surface area contributed by atoms with Crippen LogP contribution in [0.5, 0.6) is 5.75 Å². The Hall–Kier alpha value is -2.86. The van der Waals surface area contributed by atoms with E-state index in [4.69, 9.17) is 10.00 Å². The lowest BCUT2D eigenvalue weighted by molar-refractivity contribution is -0.594. The van der Waals surface area contributed by atoms with Crippen molar-refractivity contribution in [1.29, 1.82) is 5.26 Å². The molecule has 1 heterocycles. The Balaban J connectivity index is 2.19. The molecule has 0 fully saturated rings. The van der Waals surface area contributed by atoms with Crippen LogP contribution in [-0.2, 0) is 0 Å². The fraction of sp³-hybridized carbons (Fsp3) is 0.0588. The lowest BCUT2D eigenvalue weighted by atomic mass is 10.1. The maximum absolute atomic E-state index is 8.98. The summed E-state index contributed by atoms with van der Waals surface area (Å²) in [6.07, 6.45) is 4.00. The lowest BCUT2D eigenvalue weighted by Gasteiger charge is -2.04. The SMILES string of the molecule is COc1cccc2cc[n+](-c3cccc(C#N)c3)cc12. The topological polar surface area (TPSA) is 36.9 Å². The number of benzene rings is 2. The van der Waals surface area contributed by atoms with Crippen LogP contribution in [0.4, 0.5) is 0 Å². The Bertz CT molecular complexity index is 819. The second kappa shape index (κ2) is 5.02. The van der Waals surface area contributed by atoms with Crippen LogP contribution in [0.1, 0.15) is 5.56 Å². The summed E-state index contributed by atoms with van der Waals surface area (Å²) in [5, 5.41) is 11.1. The summed E-state index contributed by atoms with van der Waals surface area (Å²) < 4.78 is 7.39. The zero-order chi connectivity index (χ0) is 13.9. The van der Waals surface area contributed by atoms with Crippen molar-refractivity contribution >= 4 is 10.8 Å². The van der Waals surface area contributed by atoms with E-state index in [1.807, 2.05) is 59.4 Å². The van der Waals surface area contributed by atoms with Gasteiger partial charge in [-0.25, -0.2) is 0 Å². The summed E-state index contributed by atoms with van der Waals surface area (Å²) in [6.45, 7) is 0. The predicted octanol–water partition coefficient (Wildman–Crippen LogP) is 3.00. The fourth-order valence-corrected chi connectivity index (χ4v) is 2.26. The molecule has 0 N–H and O–H groups in total. The van der Waals surface area contributed by atoms with Crippen LogP contribution < -0.4 is 9.30 Å². The number of ether oxygens (including phenoxy) is 1. The quantitative estimate of drug-likeness (QED) is 0.665. The highest BCUT2D eigenvalue weighted by molar-refractivity contribution is 5.86. The number of rotatable bonds is 2. The van der Waals surface area contributed by atoms with Gasteiger partial charge in [0, 0.05) is 18.2 Å². The van der Waals surface area contributed by atoms with Crippen molar-refractivity contribution in [1.82, 2.24) is 0 Å². The van der Waals surface area contributed by atoms with E-state index in [0.29, 0.717) is 5.56 Å². The minimum absolute atomic E-state index is 0.648. The van der Waals surface area contributed by atoms with Gasteiger partial charge in [-0.15, -0.1) is 0 Å². The maximum atomic E-state index is 8.98. The van der Waals surface area contributed by atoms with Gasteiger partial charge in [-0.1, -0.05) is 18.2 Å². The largest absolute Gasteiger partial charge is 0.496 e. The van der Waals surface area contributed by atoms with Crippen LogP contribution in [0.2, 0.25) is 0 Å². The summed E-state index contributed by atoms with van der Waals surface area (Å²) in [5.74, 6) is 0.841. The first kappa shape index (κ1) is 12.2. The van der Waals surface area contributed by atoms with Crippen LogP contribution in [0, 0.1) is 11.3 Å². The zero-order valence-electron chi connectivity index (χ0n) is 11.1. The first-order valence-corrected chi connectivity index (χ1v) is 6.30. The second-order valence-corrected chi connectivity index (χ2v) is 4.48. The normalized spacial score (nSPS) is 10.2. The Kier molecular flexibility index (Phi) is 3.06. The first-order valence-electron chi connectivity index (χ1n) is 6.30. The number of pyridine rings is 1. The molecule has 1 aromatic heterocycles. The van der Waals surface area contributed by atoms with Crippen molar-refractivity contribution in [3.8, 4) is 17.5 Å². The third-order valence-electron chi connectivity index (χ3n) is 3.28. The predicted molar refractivity (Wildman–Crippen MR) is 76.7 cm³/mol. The minimum Gasteiger partial charge on any atom is -0.496 e. The molecule has 3 nitrogen and oxygen atoms in total. The van der Waals surface area contributed by atoms with E-state index in [2.05, 4.69) is 6.07 Å². The second-order valence-electron chi connectivity index (χ2n) is 4.48. The van der Waals surface area contributed by atoms with Crippen molar-refractivity contribution in [3.63, 3.8) is 0 Å². The molecule has 0 aliphatic rings. The monoisotopic (exact) mass is 261 g/mol. The van der Waals surface area contributed by atoms with Crippen LogP contribution in [0.15, 0.2) is 60.9 Å². The van der Waals surface area contributed by atoms with Crippen molar-refractivity contribution < 1.29 is 9.30 Å². The summed E-state index contributed by atoms with van der Waals surface area (Å²) in [4.78, 5) is 0. The lowest BCUT2D eigenvalue weighted by Crippen LogP contribution is -2.29. The standard InChI is InChI=1S/C17H13N2O/c1-20-17-7-3-5-14-8-9-19(12-16(14)17)15-6-2-4-13(10-15)11-18/h2-10,12H,1H3/q+1. The molecule has 3 aromatic rings. The van der Waals surface area contributed by atoms with Gasteiger partial charge in [-0.2, -0.15) is 9.83 Å². The fourth-order valence-electron chi connectivity index (χ4n) is 2.26. The molecule has 0 atom stereocenters.